The van der Waals surface area contributed by atoms with Gasteiger partial charge in [0.2, 0.25) is 5.91 Å². The van der Waals surface area contributed by atoms with Gasteiger partial charge >= 0.3 is 0 Å². The van der Waals surface area contributed by atoms with Crippen molar-refractivity contribution in [2.75, 3.05) is 5.32 Å². The highest BCUT2D eigenvalue weighted by atomic mass is 16.5. The van der Waals surface area contributed by atoms with E-state index >= 15 is 0 Å². The minimum atomic E-state index is 0.000410. The van der Waals surface area contributed by atoms with E-state index in [2.05, 4.69) is 15.3 Å². The van der Waals surface area contributed by atoms with Crippen LogP contribution in [0.4, 0.5) is 5.69 Å². The molecule has 0 aliphatic rings. The second-order valence-electron chi connectivity index (χ2n) is 5.72. The molecule has 0 saturated heterocycles. The van der Waals surface area contributed by atoms with Crippen molar-refractivity contribution in [3.05, 3.63) is 67.0 Å². The van der Waals surface area contributed by atoms with Gasteiger partial charge in [0.05, 0.1) is 12.5 Å². The Balaban J connectivity index is 1.52. The number of imidazole rings is 1. The van der Waals surface area contributed by atoms with Gasteiger partial charge < -0.3 is 14.6 Å². The van der Waals surface area contributed by atoms with Gasteiger partial charge in [-0.05, 0) is 49.2 Å². The first-order chi connectivity index (χ1) is 12.2. The first kappa shape index (κ1) is 16.7. The molecule has 0 radical (unpaired) electrons. The highest BCUT2D eigenvalue weighted by molar-refractivity contribution is 5.90. The molecule has 0 aliphatic carbocycles. The van der Waals surface area contributed by atoms with Crippen LogP contribution in [-0.4, -0.2) is 20.4 Å². The first-order valence-corrected chi connectivity index (χ1v) is 8.15. The van der Waals surface area contributed by atoms with Gasteiger partial charge in [0.15, 0.2) is 0 Å². The zero-order valence-corrected chi connectivity index (χ0v) is 14.1. The van der Waals surface area contributed by atoms with Crippen LogP contribution in [0.15, 0.2) is 61.4 Å². The van der Waals surface area contributed by atoms with Crippen LogP contribution in [-0.2, 0) is 11.3 Å². The number of carbonyl (C=O) groups excluding carboxylic acids is 1. The lowest BCUT2D eigenvalue weighted by Gasteiger charge is -2.11. The summed E-state index contributed by atoms with van der Waals surface area (Å²) in [4.78, 5) is 20.1. The van der Waals surface area contributed by atoms with E-state index < -0.39 is 0 Å². The minimum absolute atomic E-state index is 0.000410. The van der Waals surface area contributed by atoms with Crippen molar-refractivity contribution in [1.82, 2.24) is 14.5 Å². The molecule has 1 amide bonds. The minimum Gasteiger partial charge on any atom is -0.455 e. The zero-order valence-electron chi connectivity index (χ0n) is 14.1. The van der Waals surface area contributed by atoms with E-state index in [1.807, 2.05) is 48.0 Å². The summed E-state index contributed by atoms with van der Waals surface area (Å²) in [6.45, 7) is 2.73. The number of carbonyl (C=O) groups is 1. The molecular formula is C19H20N4O2. The van der Waals surface area contributed by atoms with Crippen LogP contribution < -0.4 is 10.1 Å². The molecule has 0 unspecified atom stereocenters. The van der Waals surface area contributed by atoms with E-state index in [1.54, 1.807) is 24.9 Å². The number of aryl methyl sites for hydroxylation is 2. The van der Waals surface area contributed by atoms with E-state index in [1.165, 1.54) is 0 Å². The molecule has 0 spiro atoms. The van der Waals surface area contributed by atoms with E-state index in [0.29, 0.717) is 12.2 Å². The number of aromatic nitrogens is 3. The second-order valence-corrected chi connectivity index (χ2v) is 5.72. The van der Waals surface area contributed by atoms with Crippen LogP contribution in [0.5, 0.6) is 11.5 Å². The van der Waals surface area contributed by atoms with Crippen LogP contribution in [0.2, 0.25) is 0 Å². The van der Waals surface area contributed by atoms with Crippen LogP contribution in [0, 0.1) is 6.92 Å². The van der Waals surface area contributed by atoms with Gasteiger partial charge in [-0.15, -0.1) is 0 Å². The van der Waals surface area contributed by atoms with Gasteiger partial charge in [0.1, 0.15) is 11.5 Å². The molecule has 6 heteroatoms. The second kappa shape index (κ2) is 8.10. The van der Waals surface area contributed by atoms with Gasteiger partial charge in [-0.1, -0.05) is 0 Å². The van der Waals surface area contributed by atoms with Gasteiger partial charge in [0.25, 0.3) is 0 Å². The topological polar surface area (TPSA) is 69.0 Å². The Kier molecular flexibility index (Phi) is 5.41. The molecule has 128 valence electrons. The summed E-state index contributed by atoms with van der Waals surface area (Å²) in [7, 11) is 0. The summed E-state index contributed by atoms with van der Waals surface area (Å²) >= 11 is 0. The fourth-order valence-electron chi connectivity index (χ4n) is 2.44. The van der Waals surface area contributed by atoms with Crippen LogP contribution in [0.3, 0.4) is 0 Å². The van der Waals surface area contributed by atoms with Crippen LogP contribution in [0.1, 0.15) is 18.4 Å². The number of nitrogens with zero attached hydrogens (tertiary/aromatic N) is 3. The Labute approximate surface area is 146 Å². The maximum Gasteiger partial charge on any atom is 0.224 e. The first-order valence-electron chi connectivity index (χ1n) is 8.15. The molecule has 25 heavy (non-hydrogen) atoms. The van der Waals surface area contributed by atoms with Crippen molar-refractivity contribution in [2.24, 2.45) is 0 Å². The van der Waals surface area contributed by atoms with Crippen molar-refractivity contribution < 1.29 is 9.53 Å². The number of pyridine rings is 1. The Morgan fingerprint density at radius 1 is 1.24 bits per heavy atom. The lowest BCUT2D eigenvalue weighted by atomic mass is 10.2. The predicted molar refractivity (Wildman–Crippen MR) is 95.6 cm³/mol. The third kappa shape index (κ3) is 4.91. The molecule has 0 fully saturated rings. The number of hydrogen-bond donors (Lipinski definition) is 1. The highest BCUT2D eigenvalue weighted by Gasteiger charge is 2.06. The number of anilines is 1. The number of ether oxygens (including phenoxy) is 1. The molecule has 3 aromatic rings. The number of amides is 1. The largest absolute Gasteiger partial charge is 0.455 e. The molecule has 0 atom stereocenters. The zero-order chi connectivity index (χ0) is 17.5. The Hall–Kier alpha value is -3.15. The smallest absolute Gasteiger partial charge is 0.224 e. The summed E-state index contributed by atoms with van der Waals surface area (Å²) in [6.07, 6.45) is 9.97. The predicted octanol–water partition coefficient (Wildman–Crippen LogP) is 3.80. The molecular weight excluding hydrogens is 316 g/mol. The van der Waals surface area contributed by atoms with Crippen molar-refractivity contribution in [3.63, 3.8) is 0 Å². The maximum atomic E-state index is 12.1. The Morgan fingerprint density at radius 3 is 2.88 bits per heavy atom. The molecule has 0 bridgehead atoms. The molecule has 6 nitrogen and oxygen atoms in total. The molecule has 3 rings (SSSR count). The summed E-state index contributed by atoms with van der Waals surface area (Å²) in [5.74, 6) is 1.42. The third-order valence-corrected chi connectivity index (χ3v) is 3.70. The van der Waals surface area contributed by atoms with E-state index in [0.717, 1.165) is 30.0 Å². The Morgan fingerprint density at radius 2 is 2.16 bits per heavy atom. The van der Waals surface area contributed by atoms with E-state index in [9.17, 15) is 4.79 Å². The SMILES string of the molecule is Cc1cc(NC(=O)CCCn2ccnc2)ccc1Oc1cccnc1. The average Bonchev–Trinajstić information content (AvgIpc) is 3.12. The van der Waals surface area contributed by atoms with Gasteiger partial charge in [-0.2, -0.15) is 0 Å². The van der Waals surface area contributed by atoms with Crippen molar-refractivity contribution in [3.8, 4) is 11.5 Å². The van der Waals surface area contributed by atoms with Crippen molar-refractivity contribution in [1.29, 1.82) is 0 Å². The van der Waals surface area contributed by atoms with Crippen LogP contribution >= 0.6 is 0 Å². The van der Waals surface area contributed by atoms with Gasteiger partial charge in [-0.3, -0.25) is 9.78 Å². The summed E-state index contributed by atoms with van der Waals surface area (Å²) in [6, 6.07) is 9.26. The monoisotopic (exact) mass is 336 g/mol. The molecule has 1 aromatic carbocycles. The quantitative estimate of drug-likeness (QED) is 0.712. The van der Waals surface area contributed by atoms with Crippen LogP contribution in [0.25, 0.3) is 0 Å². The lowest BCUT2D eigenvalue weighted by molar-refractivity contribution is -0.116. The van der Waals surface area contributed by atoms with E-state index in [-0.39, 0.29) is 5.91 Å². The molecule has 1 N–H and O–H groups in total. The van der Waals surface area contributed by atoms with Gasteiger partial charge in [-0.25, -0.2) is 4.98 Å². The maximum absolute atomic E-state index is 12.1. The molecule has 2 aromatic heterocycles. The lowest BCUT2D eigenvalue weighted by Crippen LogP contribution is -2.12. The van der Waals surface area contributed by atoms with E-state index in [4.69, 9.17) is 4.74 Å². The molecule has 2 heterocycles. The third-order valence-electron chi connectivity index (χ3n) is 3.70. The normalized spacial score (nSPS) is 10.4. The van der Waals surface area contributed by atoms with Crippen molar-refractivity contribution in [2.45, 2.75) is 26.3 Å². The number of rotatable bonds is 7. The summed E-state index contributed by atoms with van der Waals surface area (Å²) in [5.41, 5.74) is 1.71. The highest BCUT2D eigenvalue weighted by Crippen LogP contribution is 2.26. The number of benzene rings is 1. The molecule has 0 aliphatic heterocycles. The summed E-state index contributed by atoms with van der Waals surface area (Å²) in [5, 5.41) is 2.92. The number of nitrogens with one attached hydrogen (secondary N) is 1. The standard InChI is InChI=1S/C19H20N4O2/c1-15-12-16(6-7-18(15)25-17-4-2-8-20-13-17)22-19(24)5-3-10-23-11-9-21-14-23/h2,4,6-9,11-14H,3,5,10H2,1H3,(H,22,24). The molecule has 0 saturated carbocycles. The number of hydrogen-bond acceptors (Lipinski definition) is 4. The van der Waals surface area contributed by atoms with Gasteiger partial charge in [0, 0.05) is 37.2 Å². The average molecular weight is 336 g/mol. The van der Waals surface area contributed by atoms with Crippen molar-refractivity contribution >= 4 is 11.6 Å². The Bertz CT molecular complexity index is 817. The fraction of sp³-hybridized carbons (Fsp3) is 0.211. The fourth-order valence-corrected chi connectivity index (χ4v) is 2.44. The summed E-state index contributed by atoms with van der Waals surface area (Å²) < 4.78 is 7.75.